The number of carbonyl (C=O) groups excluding carboxylic acids is 2. The van der Waals surface area contributed by atoms with Crippen molar-refractivity contribution in [2.75, 3.05) is 13.1 Å². The maximum atomic E-state index is 11.9. The van der Waals surface area contributed by atoms with Crippen LogP contribution in [0.5, 0.6) is 0 Å². The predicted octanol–water partition coefficient (Wildman–Crippen LogP) is 3.24. The minimum atomic E-state index is -0.383. The van der Waals surface area contributed by atoms with Gasteiger partial charge in [0.25, 0.3) is 0 Å². The van der Waals surface area contributed by atoms with Crippen LogP contribution in [0.15, 0.2) is 30.3 Å². The zero-order valence-electron chi connectivity index (χ0n) is 14.8. The van der Waals surface area contributed by atoms with Gasteiger partial charge >= 0.3 is 0 Å². The molecule has 128 valence electrons. The second-order valence-corrected chi connectivity index (χ2v) is 6.93. The highest BCUT2D eigenvalue weighted by Gasteiger charge is 2.20. The Morgan fingerprint density at radius 1 is 1.09 bits per heavy atom. The first kappa shape index (κ1) is 19.2. The summed E-state index contributed by atoms with van der Waals surface area (Å²) in [6.07, 6.45) is 2.09. The van der Waals surface area contributed by atoms with Crippen molar-refractivity contribution >= 4 is 11.8 Å². The van der Waals surface area contributed by atoms with Crippen LogP contribution in [0.2, 0.25) is 0 Å². The van der Waals surface area contributed by atoms with Crippen LogP contribution < -0.4 is 10.6 Å². The molecule has 0 saturated carbocycles. The molecule has 0 radical (unpaired) electrons. The first-order valence-corrected chi connectivity index (χ1v) is 8.44. The lowest BCUT2D eigenvalue weighted by molar-refractivity contribution is -0.128. The van der Waals surface area contributed by atoms with Gasteiger partial charge in [0.15, 0.2) is 0 Å². The van der Waals surface area contributed by atoms with E-state index >= 15 is 0 Å². The first-order valence-electron chi connectivity index (χ1n) is 8.44. The van der Waals surface area contributed by atoms with Gasteiger partial charge in [0.1, 0.15) is 0 Å². The van der Waals surface area contributed by atoms with Gasteiger partial charge < -0.3 is 10.6 Å². The number of benzene rings is 1. The van der Waals surface area contributed by atoms with Gasteiger partial charge in [-0.3, -0.25) is 9.59 Å². The lowest BCUT2D eigenvalue weighted by Crippen LogP contribution is -2.36. The van der Waals surface area contributed by atoms with E-state index in [1.165, 1.54) is 5.56 Å². The number of hydrogen-bond donors (Lipinski definition) is 2. The molecule has 0 aliphatic heterocycles. The Balaban J connectivity index is 2.25. The minimum Gasteiger partial charge on any atom is -0.356 e. The van der Waals surface area contributed by atoms with Crippen molar-refractivity contribution in [3.8, 4) is 0 Å². The van der Waals surface area contributed by atoms with Crippen LogP contribution in [0.25, 0.3) is 0 Å². The molecule has 0 aliphatic rings. The lowest BCUT2D eigenvalue weighted by Gasteiger charge is -2.18. The van der Waals surface area contributed by atoms with Gasteiger partial charge in [-0.15, -0.1) is 0 Å². The van der Waals surface area contributed by atoms with Gasteiger partial charge in [0.2, 0.25) is 11.8 Å². The van der Waals surface area contributed by atoms with E-state index in [0.717, 1.165) is 6.42 Å². The summed E-state index contributed by atoms with van der Waals surface area (Å²) >= 11 is 0. The molecule has 1 atom stereocenters. The molecule has 1 aromatic carbocycles. The van der Waals surface area contributed by atoms with Gasteiger partial charge in [0, 0.05) is 30.8 Å². The number of carbonyl (C=O) groups is 2. The molecule has 2 N–H and O–H groups in total. The molecule has 4 heteroatoms. The average Bonchev–Trinajstić information content (AvgIpc) is 2.52. The van der Waals surface area contributed by atoms with Crippen molar-refractivity contribution in [1.82, 2.24) is 10.6 Å². The maximum absolute atomic E-state index is 11.9. The van der Waals surface area contributed by atoms with Crippen LogP contribution in [0.4, 0.5) is 0 Å². The molecular weight excluding hydrogens is 288 g/mol. The molecule has 4 nitrogen and oxygen atoms in total. The van der Waals surface area contributed by atoms with Crippen molar-refractivity contribution in [1.29, 1.82) is 0 Å². The van der Waals surface area contributed by atoms with Crippen molar-refractivity contribution < 1.29 is 9.59 Å². The van der Waals surface area contributed by atoms with Gasteiger partial charge in [-0.05, 0) is 18.4 Å². The Bertz CT molecular complexity index is 492. The number of hydrogen-bond acceptors (Lipinski definition) is 2. The van der Waals surface area contributed by atoms with Crippen LogP contribution in [0.1, 0.15) is 58.4 Å². The Kier molecular flexibility index (Phi) is 7.79. The highest BCUT2D eigenvalue weighted by atomic mass is 16.2. The van der Waals surface area contributed by atoms with Crippen molar-refractivity contribution in [3.63, 3.8) is 0 Å². The zero-order valence-corrected chi connectivity index (χ0v) is 14.8. The van der Waals surface area contributed by atoms with E-state index < -0.39 is 0 Å². The van der Waals surface area contributed by atoms with Crippen LogP contribution >= 0.6 is 0 Å². The van der Waals surface area contributed by atoms with E-state index in [1.807, 2.05) is 39.0 Å². The van der Waals surface area contributed by atoms with Crippen LogP contribution in [-0.2, 0) is 9.59 Å². The second-order valence-electron chi connectivity index (χ2n) is 6.93. The summed E-state index contributed by atoms with van der Waals surface area (Å²) in [5.74, 6) is 0.415. The molecule has 0 spiro atoms. The third kappa shape index (κ3) is 7.31. The molecule has 2 amide bonds. The molecule has 1 rings (SSSR count). The summed E-state index contributed by atoms with van der Waals surface area (Å²) in [4.78, 5) is 23.6. The summed E-state index contributed by atoms with van der Waals surface area (Å²) in [5.41, 5.74) is 0.875. The normalized spacial score (nSPS) is 12.5. The van der Waals surface area contributed by atoms with Crippen LogP contribution in [0, 0.1) is 5.41 Å². The minimum absolute atomic E-state index is 0.0213. The quantitative estimate of drug-likeness (QED) is 0.723. The largest absolute Gasteiger partial charge is 0.356 e. The molecule has 0 heterocycles. The van der Waals surface area contributed by atoms with Crippen molar-refractivity contribution in [3.05, 3.63) is 35.9 Å². The number of rotatable bonds is 8. The topological polar surface area (TPSA) is 58.2 Å². The van der Waals surface area contributed by atoms with Gasteiger partial charge in [-0.2, -0.15) is 0 Å². The smallest absolute Gasteiger partial charge is 0.225 e. The molecule has 0 bridgehead atoms. The molecule has 23 heavy (non-hydrogen) atoms. The van der Waals surface area contributed by atoms with E-state index in [9.17, 15) is 9.59 Å². The molecule has 0 fully saturated rings. The first-order chi connectivity index (χ1) is 10.8. The summed E-state index contributed by atoms with van der Waals surface area (Å²) < 4.78 is 0. The van der Waals surface area contributed by atoms with E-state index in [-0.39, 0.29) is 17.2 Å². The van der Waals surface area contributed by atoms with E-state index in [2.05, 4.69) is 29.7 Å². The summed E-state index contributed by atoms with van der Waals surface area (Å²) in [6, 6.07) is 10.3. The molecule has 1 aromatic rings. The Morgan fingerprint density at radius 3 is 2.30 bits per heavy atom. The number of nitrogens with one attached hydrogen (secondary N) is 2. The Hall–Kier alpha value is -1.84. The lowest BCUT2D eigenvalue weighted by atomic mass is 9.96. The fourth-order valence-corrected chi connectivity index (χ4v) is 2.26. The second kappa shape index (κ2) is 9.33. The Labute approximate surface area is 140 Å². The number of amides is 2. The molecule has 1 unspecified atom stereocenters. The van der Waals surface area contributed by atoms with Gasteiger partial charge in [-0.25, -0.2) is 0 Å². The van der Waals surface area contributed by atoms with Crippen molar-refractivity contribution in [2.24, 2.45) is 5.41 Å². The molecule has 0 aromatic heterocycles. The summed E-state index contributed by atoms with van der Waals surface area (Å²) in [5, 5.41) is 5.86. The SMILES string of the molecule is CCC(CNC(=O)CCCNC(=O)C(C)(C)C)c1ccccc1. The van der Waals surface area contributed by atoms with Crippen LogP contribution in [0.3, 0.4) is 0 Å². The molecule has 0 aliphatic carbocycles. The molecular formula is C19H30N2O2. The van der Waals surface area contributed by atoms with Gasteiger partial charge in [0.05, 0.1) is 0 Å². The zero-order chi connectivity index (χ0) is 17.3. The monoisotopic (exact) mass is 318 g/mol. The predicted molar refractivity (Wildman–Crippen MR) is 94.2 cm³/mol. The van der Waals surface area contributed by atoms with E-state index in [0.29, 0.717) is 31.8 Å². The fraction of sp³-hybridized carbons (Fsp3) is 0.579. The van der Waals surface area contributed by atoms with Crippen molar-refractivity contribution in [2.45, 2.75) is 52.9 Å². The summed E-state index contributed by atoms with van der Waals surface area (Å²) in [7, 11) is 0. The standard InChI is InChI=1S/C19H30N2O2/c1-5-15(16-10-7-6-8-11-16)14-21-17(22)12-9-13-20-18(23)19(2,3)4/h6-8,10-11,15H,5,9,12-14H2,1-4H3,(H,20,23)(H,21,22). The van der Waals surface area contributed by atoms with E-state index in [1.54, 1.807) is 0 Å². The third-order valence-corrected chi connectivity index (χ3v) is 3.86. The van der Waals surface area contributed by atoms with E-state index in [4.69, 9.17) is 0 Å². The summed E-state index contributed by atoms with van der Waals surface area (Å²) in [6.45, 7) is 8.97. The van der Waals surface area contributed by atoms with Crippen LogP contribution in [-0.4, -0.2) is 24.9 Å². The highest BCUT2D eigenvalue weighted by molar-refractivity contribution is 5.81. The average molecular weight is 318 g/mol. The fourth-order valence-electron chi connectivity index (χ4n) is 2.26. The molecule has 0 saturated heterocycles. The Morgan fingerprint density at radius 2 is 1.74 bits per heavy atom. The highest BCUT2D eigenvalue weighted by Crippen LogP contribution is 2.18. The maximum Gasteiger partial charge on any atom is 0.225 e. The van der Waals surface area contributed by atoms with Gasteiger partial charge in [-0.1, -0.05) is 58.0 Å². The third-order valence-electron chi connectivity index (χ3n) is 3.86.